The van der Waals surface area contributed by atoms with Crippen LogP contribution in [0.4, 0.5) is 8.78 Å². The molecule has 0 aliphatic carbocycles. The second kappa shape index (κ2) is 3.11. The number of hydrogen-bond donors (Lipinski definition) is 1. The summed E-state index contributed by atoms with van der Waals surface area (Å²) in [5.74, 6) is 0. The first kappa shape index (κ1) is 8.13. The third-order valence-corrected chi connectivity index (χ3v) is 2.40. The van der Waals surface area contributed by atoms with Gasteiger partial charge >= 0.3 is 0 Å². The molecule has 2 aliphatic heterocycles. The fraction of sp³-hybridized carbons (Fsp3) is 0.750. The van der Waals surface area contributed by atoms with Gasteiger partial charge in [0.2, 0.25) is 0 Å². The van der Waals surface area contributed by atoms with Crippen molar-refractivity contribution in [2.45, 2.75) is 6.43 Å². The summed E-state index contributed by atoms with van der Waals surface area (Å²) in [6.45, 7) is 3.20. The Balaban J connectivity index is 1.87. The van der Waals surface area contributed by atoms with Crippen LogP contribution in [0.1, 0.15) is 0 Å². The predicted molar refractivity (Wildman–Crippen MR) is 42.3 cm³/mol. The van der Waals surface area contributed by atoms with Crippen molar-refractivity contribution in [3.8, 4) is 0 Å². The Morgan fingerprint density at radius 1 is 1.25 bits per heavy atom. The molecule has 2 aliphatic rings. The summed E-state index contributed by atoms with van der Waals surface area (Å²) < 4.78 is 24.0. The molecular formula is C8H12F2N2. The lowest BCUT2D eigenvalue weighted by atomic mass is 10.2. The lowest BCUT2D eigenvalue weighted by molar-refractivity contribution is 0.100. The molecule has 0 saturated heterocycles. The zero-order valence-corrected chi connectivity index (χ0v) is 6.82. The van der Waals surface area contributed by atoms with E-state index in [1.807, 2.05) is 4.90 Å². The highest BCUT2D eigenvalue weighted by molar-refractivity contribution is 5.29. The minimum absolute atomic E-state index is 0.0764. The van der Waals surface area contributed by atoms with Gasteiger partial charge in [0.15, 0.2) is 0 Å². The smallest absolute Gasteiger partial charge is 0.251 e. The third-order valence-electron chi connectivity index (χ3n) is 2.40. The number of nitrogens with one attached hydrogen (secondary N) is 1. The monoisotopic (exact) mass is 174 g/mol. The molecule has 0 radical (unpaired) electrons. The lowest BCUT2D eigenvalue weighted by Crippen LogP contribution is -2.30. The number of alkyl halides is 2. The maximum Gasteiger partial charge on any atom is 0.251 e. The van der Waals surface area contributed by atoms with Crippen molar-refractivity contribution in [1.29, 1.82) is 0 Å². The van der Waals surface area contributed by atoms with E-state index in [9.17, 15) is 8.78 Å². The second-order valence-corrected chi connectivity index (χ2v) is 3.37. The highest BCUT2D eigenvalue weighted by atomic mass is 19.3. The fourth-order valence-electron chi connectivity index (χ4n) is 1.87. The zero-order valence-electron chi connectivity index (χ0n) is 6.82. The van der Waals surface area contributed by atoms with Crippen LogP contribution in [0.3, 0.4) is 0 Å². The third kappa shape index (κ3) is 1.49. The Kier molecular flexibility index (Phi) is 2.11. The maximum atomic E-state index is 12.0. The van der Waals surface area contributed by atoms with Crippen LogP contribution in [0, 0.1) is 0 Å². The van der Waals surface area contributed by atoms with E-state index in [1.54, 1.807) is 0 Å². The Morgan fingerprint density at radius 2 is 1.83 bits per heavy atom. The van der Waals surface area contributed by atoms with E-state index in [1.165, 1.54) is 11.1 Å². The maximum absolute atomic E-state index is 12.0. The highest BCUT2D eigenvalue weighted by Crippen LogP contribution is 2.20. The molecule has 0 aromatic heterocycles. The number of halogens is 2. The SMILES string of the molecule is FC(F)CN1CC2=C(CNC2)C1. The summed E-state index contributed by atoms with van der Waals surface area (Å²) in [4.78, 5) is 1.82. The van der Waals surface area contributed by atoms with Crippen LogP contribution in [0.25, 0.3) is 0 Å². The van der Waals surface area contributed by atoms with Crippen molar-refractivity contribution in [3.05, 3.63) is 11.1 Å². The van der Waals surface area contributed by atoms with Gasteiger partial charge in [0.1, 0.15) is 0 Å². The molecule has 0 fully saturated rings. The summed E-state index contributed by atoms with van der Waals surface area (Å²) in [5.41, 5.74) is 2.66. The van der Waals surface area contributed by atoms with Crippen molar-refractivity contribution in [2.24, 2.45) is 0 Å². The van der Waals surface area contributed by atoms with E-state index >= 15 is 0 Å². The molecule has 0 atom stereocenters. The Hall–Kier alpha value is -0.480. The van der Waals surface area contributed by atoms with Crippen LogP contribution in [-0.2, 0) is 0 Å². The average Bonchev–Trinajstić information content (AvgIpc) is 2.43. The van der Waals surface area contributed by atoms with Gasteiger partial charge in [-0.05, 0) is 11.1 Å². The molecule has 0 unspecified atom stereocenters. The van der Waals surface area contributed by atoms with E-state index in [4.69, 9.17) is 0 Å². The van der Waals surface area contributed by atoms with Crippen LogP contribution in [-0.4, -0.2) is 44.0 Å². The summed E-state index contributed by atoms with van der Waals surface area (Å²) in [6.07, 6.45) is -2.20. The number of hydrogen-bond acceptors (Lipinski definition) is 2. The van der Waals surface area contributed by atoms with Gasteiger partial charge in [-0.3, -0.25) is 4.90 Å². The normalized spacial score (nSPS) is 24.2. The first-order valence-corrected chi connectivity index (χ1v) is 4.16. The molecule has 1 N–H and O–H groups in total. The van der Waals surface area contributed by atoms with Crippen LogP contribution in [0.2, 0.25) is 0 Å². The second-order valence-electron chi connectivity index (χ2n) is 3.37. The van der Waals surface area contributed by atoms with Gasteiger partial charge in [0, 0.05) is 26.2 Å². The lowest BCUT2D eigenvalue weighted by Gasteiger charge is -2.16. The van der Waals surface area contributed by atoms with Crippen LogP contribution < -0.4 is 5.32 Å². The van der Waals surface area contributed by atoms with Crippen molar-refractivity contribution in [1.82, 2.24) is 10.2 Å². The van der Waals surface area contributed by atoms with Crippen molar-refractivity contribution < 1.29 is 8.78 Å². The van der Waals surface area contributed by atoms with Gasteiger partial charge in [0.25, 0.3) is 6.43 Å². The highest BCUT2D eigenvalue weighted by Gasteiger charge is 2.26. The topological polar surface area (TPSA) is 15.3 Å². The van der Waals surface area contributed by atoms with E-state index in [0.717, 1.165) is 26.2 Å². The molecule has 0 amide bonds. The molecule has 2 rings (SSSR count). The molecule has 2 heterocycles. The van der Waals surface area contributed by atoms with Crippen LogP contribution in [0.5, 0.6) is 0 Å². The first-order chi connectivity index (χ1) is 5.75. The van der Waals surface area contributed by atoms with Gasteiger partial charge in [-0.25, -0.2) is 8.78 Å². The summed E-state index contributed by atoms with van der Waals surface area (Å²) in [6, 6.07) is 0. The summed E-state index contributed by atoms with van der Waals surface area (Å²) in [7, 11) is 0. The molecule has 12 heavy (non-hydrogen) atoms. The minimum atomic E-state index is -2.20. The molecular weight excluding hydrogens is 162 g/mol. The molecule has 0 aromatic rings. The quantitative estimate of drug-likeness (QED) is 0.612. The van der Waals surface area contributed by atoms with Gasteiger partial charge < -0.3 is 5.32 Å². The number of rotatable bonds is 2. The summed E-state index contributed by atoms with van der Waals surface area (Å²) >= 11 is 0. The van der Waals surface area contributed by atoms with E-state index < -0.39 is 6.43 Å². The van der Waals surface area contributed by atoms with Crippen molar-refractivity contribution >= 4 is 0 Å². The molecule has 4 heteroatoms. The Morgan fingerprint density at radius 3 is 2.33 bits per heavy atom. The summed E-state index contributed by atoms with van der Waals surface area (Å²) in [5, 5.41) is 3.21. The van der Waals surface area contributed by atoms with E-state index in [0.29, 0.717) is 0 Å². The Labute approximate surface area is 70.2 Å². The van der Waals surface area contributed by atoms with Gasteiger partial charge in [-0.15, -0.1) is 0 Å². The predicted octanol–water partition coefficient (Wildman–Crippen LogP) is 0.467. The Bertz CT molecular complexity index is 197. The van der Waals surface area contributed by atoms with Crippen LogP contribution >= 0.6 is 0 Å². The standard InChI is InChI=1S/C8H12F2N2/c9-8(10)5-12-3-6-1-11-2-7(6)4-12/h8,11H,1-5H2. The average molecular weight is 174 g/mol. The van der Waals surface area contributed by atoms with E-state index in [2.05, 4.69) is 5.32 Å². The zero-order chi connectivity index (χ0) is 8.55. The van der Waals surface area contributed by atoms with Gasteiger partial charge in [-0.2, -0.15) is 0 Å². The van der Waals surface area contributed by atoms with Crippen molar-refractivity contribution in [3.63, 3.8) is 0 Å². The molecule has 2 nitrogen and oxygen atoms in total. The van der Waals surface area contributed by atoms with Crippen LogP contribution in [0.15, 0.2) is 11.1 Å². The largest absolute Gasteiger partial charge is 0.309 e. The van der Waals surface area contributed by atoms with Gasteiger partial charge in [0.05, 0.1) is 6.54 Å². The fourth-order valence-corrected chi connectivity index (χ4v) is 1.87. The molecule has 0 aromatic carbocycles. The molecule has 0 bridgehead atoms. The van der Waals surface area contributed by atoms with E-state index in [-0.39, 0.29) is 6.54 Å². The molecule has 68 valence electrons. The van der Waals surface area contributed by atoms with Crippen molar-refractivity contribution in [2.75, 3.05) is 32.7 Å². The first-order valence-electron chi connectivity index (χ1n) is 4.16. The van der Waals surface area contributed by atoms with Gasteiger partial charge in [-0.1, -0.05) is 0 Å². The minimum Gasteiger partial charge on any atom is -0.309 e. The number of nitrogens with zero attached hydrogens (tertiary/aromatic N) is 1. The molecule has 0 spiro atoms. The molecule has 0 saturated carbocycles.